The van der Waals surface area contributed by atoms with Crippen LogP contribution in [0.4, 0.5) is 5.82 Å². The number of methoxy groups -OCH3 is 1. The maximum atomic E-state index is 13.3. The molecule has 0 spiro atoms. The van der Waals surface area contributed by atoms with E-state index in [4.69, 9.17) is 14.7 Å². The van der Waals surface area contributed by atoms with Crippen molar-refractivity contribution >= 4 is 11.7 Å². The zero-order valence-electron chi connectivity index (χ0n) is 18.3. The first-order valence-electron chi connectivity index (χ1n) is 11.2. The van der Waals surface area contributed by atoms with Crippen molar-refractivity contribution in [3.8, 4) is 17.1 Å². The van der Waals surface area contributed by atoms with Crippen LogP contribution >= 0.6 is 0 Å². The summed E-state index contributed by atoms with van der Waals surface area (Å²) >= 11 is 0. The number of benzene rings is 1. The molecule has 0 N–H and O–H groups in total. The monoisotopic (exact) mass is 429 g/mol. The maximum absolute atomic E-state index is 13.3. The molecule has 7 nitrogen and oxygen atoms in total. The normalized spacial score (nSPS) is 15.9. The van der Waals surface area contributed by atoms with E-state index in [1.807, 2.05) is 35.2 Å². The highest BCUT2D eigenvalue weighted by Gasteiger charge is 2.29. The lowest BCUT2D eigenvalue weighted by Crippen LogP contribution is -2.39. The molecule has 1 amide bonds. The Morgan fingerprint density at radius 2 is 1.81 bits per heavy atom. The minimum absolute atomic E-state index is 0.0114. The van der Waals surface area contributed by atoms with E-state index in [1.54, 1.807) is 25.6 Å². The molecule has 5 rings (SSSR count). The second-order valence-corrected chi connectivity index (χ2v) is 8.29. The third-order valence-corrected chi connectivity index (χ3v) is 6.24. The Bertz CT molecular complexity index is 1110. The van der Waals surface area contributed by atoms with E-state index in [9.17, 15) is 4.79 Å². The molecule has 2 aliphatic heterocycles. The number of amides is 1. The summed E-state index contributed by atoms with van der Waals surface area (Å²) < 4.78 is 5.30. The first-order valence-corrected chi connectivity index (χ1v) is 11.2. The van der Waals surface area contributed by atoms with Crippen molar-refractivity contribution in [2.24, 2.45) is 0 Å². The van der Waals surface area contributed by atoms with Crippen molar-refractivity contribution in [2.45, 2.75) is 32.2 Å². The molecular formula is C25H27N5O2. The van der Waals surface area contributed by atoms with Gasteiger partial charge in [-0.2, -0.15) is 0 Å². The predicted octanol–water partition coefficient (Wildman–Crippen LogP) is 3.74. The smallest absolute Gasteiger partial charge is 0.254 e. The molecule has 164 valence electrons. The summed E-state index contributed by atoms with van der Waals surface area (Å²) in [6, 6.07) is 11.2. The van der Waals surface area contributed by atoms with Crippen molar-refractivity contribution in [3.63, 3.8) is 0 Å². The van der Waals surface area contributed by atoms with Crippen LogP contribution in [-0.2, 0) is 13.0 Å². The van der Waals surface area contributed by atoms with Gasteiger partial charge in [-0.3, -0.25) is 9.78 Å². The third kappa shape index (κ3) is 4.02. The van der Waals surface area contributed by atoms with Gasteiger partial charge in [0.25, 0.3) is 5.91 Å². The highest BCUT2D eigenvalue weighted by molar-refractivity contribution is 5.94. The standard InChI is InChI=1S/C25H27N5O2/c1-32-20-7-5-6-19(16-20)25(31)30-15-10-22-21(17-30)24(29-13-3-2-4-14-29)28-23(27-22)18-8-11-26-12-9-18/h5-9,11-12,16H,2-4,10,13-15,17H2,1H3. The SMILES string of the molecule is COc1cccc(C(=O)N2CCc3nc(-c4ccncc4)nc(N4CCCCC4)c3C2)c1. The molecule has 1 fully saturated rings. The van der Waals surface area contributed by atoms with Gasteiger partial charge >= 0.3 is 0 Å². The van der Waals surface area contributed by atoms with Gasteiger partial charge in [-0.05, 0) is 49.6 Å². The Labute approximate surface area is 188 Å². The number of carbonyl (C=O) groups is 1. The first-order chi connectivity index (χ1) is 15.7. The van der Waals surface area contributed by atoms with Gasteiger partial charge in [-0.25, -0.2) is 9.97 Å². The summed E-state index contributed by atoms with van der Waals surface area (Å²) in [7, 11) is 1.61. The summed E-state index contributed by atoms with van der Waals surface area (Å²) in [5.41, 5.74) is 3.73. The van der Waals surface area contributed by atoms with E-state index in [2.05, 4.69) is 9.88 Å². The lowest BCUT2D eigenvalue weighted by molar-refractivity contribution is 0.0733. The molecule has 3 aromatic rings. The molecule has 0 saturated carbocycles. The van der Waals surface area contributed by atoms with Gasteiger partial charge in [0, 0.05) is 55.1 Å². The molecule has 0 radical (unpaired) electrons. The lowest BCUT2D eigenvalue weighted by Gasteiger charge is -2.34. The molecule has 0 aliphatic carbocycles. The summed E-state index contributed by atoms with van der Waals surface area (Å²) in [6.07, 6.45) is 7.83. The van der Waals surface area contributed by atoms with Crippen LogP contribution in [0.15, 0.2) is 48.8 Å². The molecule has 2 aromatic heterocycles. The minimum atomic E-state index is 0.0114. The fourth-order valence-corrected chi connectivity index (χ4v) is 4.51. The average Bonchev–Trinajstić information content (AvgIpc) is 2.88. The number of ether oxygens (including phenoxy) is 1. The highest BCUT2D eigenvalue weighted by atomic mass is 16.5. The molecule has 0 atom stereocenters. The van der Waals surface area contributed by atoms with Crippen LogP contribution in [-0.4, -0.2) is 52.5 Å². The van der Waals surface area contributed by atoms with Gasteiger partial charge in [-0.1, -0.05) is 6.07 Å². The van der Waals surface area contributed by atoms with Crippen LogP contribution in [0.25, 0.3) is 11.4 Å². The lowest BCUT2D eigenvalue weighted by atomic mass is 10.0. The number of aromatic nitrogens is 3. The van der Waals surface area contributed by atoms with Gasteiger partial charge in [0.15, 0.2) is 5.82 Å². The molecule has 1 aromatic carbocycles. The van der Waals surface area contributed by atoms with Crippen molar-refractivity contribution in [1.82, 2.24) is 19.9 Å². The van der Waals surface area contributed by atoms with Crippen molar-refractivity contribution in [2.75, 3.05) is 31.6 Å². The van der Waals surface area contributed by atoms with Crippen molar-refractivity contribution in [1.29, 1.82) is 0 Å². The van der Waals surface area contributed by atoms with Crippen LogP contribution in [0.1, 0.15) is 40.9 Å². The van der Waals surface area contributed by atoms with Crippen LogP contribution in [0.2, 0.25) is 0 Å². The van der Waals surface area contributed by atoms with E-state index < -0.39 is 0 Å². The summed E-state index contributed by atoms with van der Waals surface area (Å²) in [4.78, 5) is 31.6. The van der Waals surface area contributed by atoms with Crippen LogP contribution < -0.4 is 9.64 Å². The van der Waals surface area contributed by atoms with E-state index in [0.717, 1.165) is 54.4 Å². The molecule has 2 aliphatic rings. The Morgan fingerprint density at radius 1 is 1.00 bits per heavy atom. The molecular weight excluding hydrogens is 402 g/mol. The number of anilines is 1. The molecule has 0 bridgehead atoms. The van der Waals surface area contributed by atoms with E-state index in [1.165, 1.54) is 6.42 Å². The zero-order valence-corrected chi connectivity index (χ0v) is 18.3. The van der Waals surface area contributed by atoms with Gasteiger partial charge in [0.05, 0.1) is 19.3 Å². The third-order valence-electron chi connectivity index (χ3n) is 6.24. The number of piperidine rings is 1. The number of hydrogen-bond acceptors (Lipinski definition) is 6. The number of fused-ring (bicyclic) bond motifs is 1. The Balaban J connectivity index is 1.50. The van der Waals surface area contributed by atoms with Gasteiger partial charge < -0.3 is 14.5 Å². The second kappa shape index (κ2) is 8.94. The Morgan fingerprint density at radius 3 is 2.59 bits per heavy atom. The topological polar surface area (TPSA) is 71.5 Å². The number of rotatable bonds is 4. The van der Waals surface area contributed by atoms with E-state index >= 15 is 0 Å². The average molecular weight is 430 g/mol. The summed E-state index contributed by atoms with van der Waals surface area (Å²) in [6.45, 7) is 3.13. The van der Waals surface area contributed by atoms with Gasteiger partial charge in [0.1, 0.15) is 11.6 Å². The van der Waals surface area contributed by atoms with Gasteiger partial charge in [0.2, 0.25) is 0 Å². The Kier molecular flexibility index (Phi) is 5.71. The predicted molar refractivity (Wildman–Crippen MR) is 123 cm³/mol. The number of nitrogens with zero attached hydrogens (tertiary/aromatic N) is 5. The molecule has 1 saturated heterocycles. The van der Waals surface area contributed by atoms with Crippen molar-refractivity contribution < 1.29 is 9.53 Å². The first kappa shape index (κ1) is 20.4. The quantitative estimate of drug-likeness (QED) is 0.629. The Hall–Kier alpha value is -3.48. The largest absolute Gasteiger partial charge is 0.497 e. The minimum Gasteiger partial charge on any atom is -0.497 e. The summed E-state index contributed by atoms with van der Waals surface area (Å²) in [5.74, 6) is 2.41. The second-order valence-electron chi connectivity index (χ2n) is 8.29. The molecule has 7 heteroatoms. The summed E-state index contributed by atoms with van der Waals surface area (Å²) in [5, 5.41) is 0. The molecule has 4 heterocycles. The van der Waals surface area contributed by atoms with Gasteiger partial charge in [-0.15, -0.1) is 0 Å². The zero-order chi connectivity index (χ0) is 21.9. The molecule has 0 unspecified atom stereocenters. The number of pyridine rings is 1. The molecule has 32 heavy (non-hydrogen) atoms. The fraction of sp³-hybridized carbons (Fsp3) is 0.360. The van der Waals surface area contributed by atoms with Crippen LogP contribution in [0, 0.1) is 0 Å². The van der Waals surface area contributed by atoms with E-state index in [0.29, 0.717) is 30.8 Å². The van der Waals surface area contributed by atoms with E-state index in [-0.39, 0.29) is 5.91 Å². The maximum Gasteiger partial charge on any atom is 0.254 e. The highest BCUT2D eigenvalue weighted by Crippen LogP contribution is 2.31. The fourth-order valence-electron chi connectivity index (χ4n) is 4.51. The van der Waals surface area contributed by atoms with Crippen LogP contribution in [0.3, 0.4) is 0 Å². The van der Waals surface area contributed by atoms with Crippen LogP contribution in [0.5, 0.6) is 5.75 Å². The van der Waals surface area contributed by atoms with Crippen molar-refractivity contribution in [3.05, 3.63) is 65.6 Å². The number of hydrogen-bond donors (Lipinski definition) is 0. The number of carbonyl (C=O) groups excluding carboxylic acids is 1.